The van der Waals surface area contributed by atoms with E-state index in [1.54, 1.807) is 31.2 Å². The van der Waals surface area contributed by atoms with Crippen molar-refractivity contribution in [2.45, 2.75) is 13.5 Å². The summed E-state index contributed by atoms with van der Waals surface area (Å²) in [4.78, 5) is 12.3. The molecular formula is C20H18N2O5. The average molecular weight is 366 g/mol. The summed E-state index contributed by atoms with van der Waals surface area (Å²) < 4.78 is 15.9. The molecule has 1 aliphatic heterocycles. The van der Waals surface area contributed by atoms with Gasteiger partial charge >= 0.3 is 0 Å². The molecule has 2 N–H and O–H groups in total. The Balaban J connectivity index is 1.70. The van der Waals surface area contributed by atoms with Crippen molar-refractivity contribution in [2.24, 2.45) is 0 Å². The molecule has 0 saturated heterocycles. The molecule has 2 aromatic rings. The Morgan fingerprint density at radius 3 is 2.89 bits per heavy atom. The predicted octanol–water partition coefficient (Wildman–Crippen LogP) is 2.74. The van der Waals surface area contributed by atoms with E-state index in [-0.39, 0.29) is 24.7 Å². The number of nitrogens with one attached hydrogen (secondary N) is 1. The third-order valence-electron chi connectivity index (χ3n) is 3.85. The first kappa shape index (κ1) is 18.1. The third-order valence-corrected chi connectivity index (χ3v) is 3.85. The fourth-order valence-electron chi connectivity index (χ4n) is 2.54. The van der Waals surface area contributed by atoms with Crippen LogP contribution in [-0.4, -0.2) is 24.4 Å². The minimum atomic E-state index is -0.499. The first-order chi connectivity index (χ1) is 13.1. The number of aromatic hydroxyl groups is 1. The SMILES string of the molecule is CCOc1cc(/C=C(\C#N)C(=O)NCc2ccc3c(c2)OCO3)ccc1O. The third kappa shape index (κ3) is 4.30. The Morgan fingerprint density at radius 2 is 2.11 bits per heavy atom. The Kier molecular flexibility index (Phi) is 5.47. The molecule has 0 atom stereocenters. The zero-order chi connectivity index (χ0) is 19.2. The number of nitrogens with zero attached hydrogens (tertiary/aromatic N) is 1. The van der Waals surface area contributed by atoms with Crippen LogP contribution in [0.4, 0.5) is 0 Å². The van der Waals surface area contributed by atoms with Gasteiger partial charge in [-0.15, -0.1) is 0 Å². The first-order valence-electron chi connectivity index (χ1n) is 8.35. The molecule has 7 nitrogen and oxygen atoms in total. The molecular weight excluding hydrogens is 348 g/mol. The van der Waals surface area contributed by atoms with Gasteiger partial charge in [-0.25, -0.2) is 0 Å². The first-order valence-corrected chi connectivity index (χ1v) is 8.35. The van der Waals surface area contributed by atoms with Gasteiger partial charge in [0.05, 0.1) is 6.61 Å². The quantitative estimate of drug-likeness (QED) is 0.602. The molecule has 0 aromatic heterocycles. The minimum Gasteiger partial charge on any atom is -0.504 e. The van der Waals surface area contributed by atoms with E-state index in [1.807, 2.05) is 12.1 Å². The highest BCUT2D eigenvalue weighted by molar-refractivity contribution is 6.01. The number of rotatable bonds is 6. The van der Waals surface area contributed by atoms with Crippen LogP contribution in [0, 0.1) is 11.3 Å². The van der Waals surface area contributed by atoms with Crippen LogP contribution >= 0.6 is 0 Å². The second-order valence-corrected chi connectivity index (χ2v) is 5.70. The summed E-state index contributed by atoms with van der Waals surface area (Å²) in [5.74, 6) is 1.09. The van der Waals surface area contributed by atoms with E-state index in [0.29, 0.717) is 29.4 Å². The average Bonchev–Trinajstić information content (AvgIpc) is 3.14. The maximum Gasteiger partial charge on any atom is 0.262 e. The van der Waals surface area contributed by atoms with Crippen molar-refractivity contribution in [3.05, 3.63) is 53.1 Å². The lowest BCUT2D eigenvalue weighted by atomic mass is 10.1. The van der Waals surface area contributed by atoms with Crippen LogP contribution in [0.25, 0.3) is 6.08 Å². The molecule has 0 bridgehead atoms. The zero-order valence-corrected chi connectivity index (χ0v) is 14.7. The largest absolute Gasteiger partial charge is 0.504 e. The van der Waals surface area contributed by atoms with Crippen molar-refractivity contribution >= 4 is 12.0 Å². The molecule has 1 heterocycles. The number of hydrogen-bond acceptors (Lipinski definition) is 6. The molecule has 7 heteroatoms. The van der Waals surface area contributed by atoms with Gasteiger partial charge in [-0.3, -0.25) is 4.79 Å². The molecule has 1 aliphatic rings. The van der Waals surface area contributed by atoms with Crippen molar-refractivity contribution in [1.82, 2.24) is 5.32 Å². The van der Waals surface area contributed by atoms with Crippen LogP contribution in [0.1, 0.15) is 18.1 Å². The highest BCUT2D eigenvalue weighted by Gasteiger charge is 2.14. The van der Waals surface area contributed by atoms with Crippen LogP contribution in [0.3, 0.4) is 0 Å². The predicted molar refractivity (Wildman–Crippen MR) is 97.3 cm³/mol. The highest BCUT2D eigenvalue weighted by atomic mass is 16.7. The second-order valence-electron chi connectivity index (χ2n) is 5.70. The summed E-state index contributed by atoms with van der Waals surface area (Å²) in [6.45, 7) is 2.62. The Morgan fingerprint density at radius 1 is 1.30 bits per heavy atom. The van der Waals surface area contributed by atoms with Crippen molar-refractivity contribution in [1.29, 1.82) is 5.26 Å². The van der Waals surface area contributed by atoms with Crippen LogP contribution in [-0.2, 0) is 11.3 Å². The van der Waals surface area contributed by atoms with Crippen molar-refractivity contribution < 1.29 is 24.1 Å². The van der Waals surface area contributed by atoms with Gasteiger partial charge in [0.1, 0.15) is 11.6 Å². The number of fused-ring (bicyclic) bond motifs is 1. The van der Waals surface area contributed by atoms with Crippen molar-refractivity contribution in [2.75, 3.05) is 13.4 Å². The maximum absolute atomic E-state index is 12.3. The standard InChI is InChI=1S/C20H18N2O5/c1-2-25-18-8-13(3-5-16(18)23)7-15(10-21)20(24)22-11-14-4-6-17-19(9-14)27-12-26-17/h3-9,23H,2,11-12H2,1H3,(H,22,24)/b15-7+. The van der Waals surface area contributed by atoms with E-state index in [2.05, 4.69) is 5.32 Å². The molecule has 1 amide bonds. The monoisotopic (exact) mass is 366 g/mol. The number of carbonyl (C=O) groups is 1. The lowest BCUT2D eigenvalue weighted by Crippen LogP contribution is -2.23. The minimum absolute atomic E-state index is 0.000215. The second kappa shape index (κ2) is 8.15. The number of phenols is 1. The molecule has 27 heavy (non-hydrogen) atoms. The van der Waals surface area contributed by atoms with Gasteiger partial charge in [0.15, 0.2) is 23.0 Å². The molecule has 2 aromatic carbocycles. The number of nitriles is 1. The topological polar surface area (TPSA) is 101 Å². The number of ether oxygens (including phenoxy) is 3. The van der Waals surface area contributed by atoms with E-state index in [0.717, 1.165) is 5.56 Å². The maximum atomic E-state index is 12.3. The Hall–Kier alpha value is -3.66. The number of carbonyl (C=O) groups excluding carboxylic acids is 1. The normalized spacial score (nSPS) is 12.4. The molecule has 138 valence electrons. The van der Waals surface area contributed by atoms with Gasteiger partial charge in [-0.05, 0) is 48.4 Å². The van der Waals surface area contributed by atoms with Crippen LogP contribution in [0.15, 0.2) is 42.0 Å². The summed E-state index contributed by atoms with van der Waals surface area (Å²) in [7, 11) is 0. The van der Waals surface area contributed by atoms with Gasteiger partial charge in [0.25, 0.3) is 5.91 Å². The number of phenolic OH excluding ortho intramolecular Hbond substituents is 1. The fraction of sp³-hybridized carbons (Fsp3) is 0.200. The smallest absolute Gasteiger partial charge is 0.262 e. The van der Waals surface area contributed by atoms with Crippen molar-refractivity contribution in [3.8, 4) is 29.1 Å². The highest BCUT2D eigenvalue weighted by Crippen LogP contribution is 2.32. The van der Waals surface area contributed by atoms with E-state index in [9.17, 15) is 15.2 Å². The van der Waals surface area contributed by atoms with Crippen LogP contribution in [0.2, 0.25) is 0 Å². The molecule has 0 aliphatic carbocycles. The van der Waals surface area contributed by atoms with Crippen LogP contribution in [0.5, 0.6) is 23.0 Å². The van der Waals surface area contributed by atoms with E-state index in [4.69, 9.17) is 14.2 Å². The van der Waals surface area contributed by atoms with Gasteiger partial charge in [-0.1, -0.05) is 12.1 Å². The number of hydrogen-bond donors (Lipinski definition) is 2. The number of amides is 1. The van der Waals surface area contributed by atoms with Gasteiger partial charge < -0.3 is 24.6 Å². The van der Waals surface area contributed by atoms with Crippen molar-refractivity contribution in [3.63, 3.8) is 0 Å². The number of benzene rings is 2. The molecule has 0 unspecified atom stereocenters. The lowest BCUT2D eigenvalue weighted by molar-refractivity contribution is -0.117. The fourth-order valence-corrected chi connectivity index (χ4v) is 2.54. The van der Waals surface area contributed by atoms with Crippen LogP contribution < -0.4 is 19.5 Å². The van der Waals surface area contributed by atoms with Gasteiger partial charge in [0, 0.05) is 6.54 Å². The molecule has 0 radical (unpaired) electrons. The summed E-state index contributed by atoms with van der Waals surface area (Å²) >= 11 is 0. The Labute approximate surface area is 156 Å². The van der Waals surface area contributed by atoms with Gasteiger partial charge in [-0.2, -0.15) is 5.26 Å². The molecule has 0 fully saturated rings. The lowest BCUT2D eigenvalue weighted by Gasteiger charge is -2.07. The van der Waals surface area contributed by atoms with Gasteiger partial charge in [0.2, 0.25) is 6.79 Å². The molecule has 3 rings (SSSR count). The molecule has 0 saturated carbocycles. The zero-order valence-electron chi connectivity index (χ0n) is 14.7. The summed E-state index contributed by atoms with van der Waals surface area (Å²) in [6, 6.07) is 11.9. The van der Waals surface area contributed by atoms with E-state index < -0.39 is 5.91 Å². The summed E-state index contributed by atoms with van der Waals surface area (Å²) in [6.07, 6.45) is 1.44. The Bertz CT molecular complexity index is 930. The van der Waals surface area contributed by atoms with E-state index >= 15 is 0 Å². The summed E-state index contributed by atoms with van der Waals surface area (Å²) in [5.41, 5.74) is 1.35. The molecule has 0 spiro atoms. The van der Waals surface area contributed by atoms with E-state index in [1.165, 1.54) is 12.1 Å². The summed E-state index contributed by atoms with van der Waals surface area (Å²) in [5, 5.41) is 21.8.